The van der Waals surface area contributed by atoms with Gasteiger partial charge in [-0.2, -0.15) is 13.2 Å². The summed E-state index contributed by atoms with van der Waals surface area (Å²) in [6, 6.07) is 10.9. The fraction of sp³-hybridized carbons (Fsp3) is 0.294. The van der Waals surface area contributed by atoms with Gasteiger partial charge < -0.3 is 10.1 Å². The van der Waals surface area contributed by atoms with Gasteiger partial charge in [-0.05, 0) is 28.8 Å². The third kappa shape index (κ3) is 3.68. The Hall–Kier alpha value is -1.56. The van der Waals surface area contributed by atoms with Crippen LogP contribution in [0.3, 0.4) is 0 Å². The van der Waals surface area contributed by atoms with E-state index in [1.54, 1.807) is 30.3 Å². The fourth-order valence-electron chi connectivity index (χ4n) is 2.51. The second kappa shape index (κ2) is 6.51. The van der Waals surface area contributed by atoms with Crippen molar-refractivity contribution in [2.75, 3.05) is 13.1 Å². The quantitative estimate of drug-likeness (QED) is 0.883. The van der Waals surface area contributed by atoms with E-state index in [9.17, 15) is 13.2 Å². The smallest absolute Gasteiger partial charge is 0.371 e. The molecule has 122 valence electrons. The van der Waals surface area contributed by atoms with Gasteiger partial charge in [0, 0.05) is 18.1 Å². The molecule has 1 heterocycles. The van der Waals surface area contributed by atoms with Gasteiger partial charge in [0.25, 0.3) is 0 Å². The standard InChI is InChI=1S/C17H15ClF3NO/c18-13-6-4-11(5-7-13)15-3-1-2-12(16(15)17(19,20)21)10-23-14-8-22-9-14/h1-7,14,22H,8-10H2. The third-order valence-corrected chi connectivity index (χ3v) is 4.06. The molecule has 0 spiro atoms. The molecule has 6 heteroatoms. The van der Waals surface area contributed by atoms with Crippen LogP contribution in [-0.4, -0.2) is 19.2 Å². The Bertz CT molecular complexity index is 681. The van der Waals surface area contributed by atoms with Crippen LogP contribution in [0.2, 0.25) is 5.02 Å². The first kappa shape index (κ1) is 16.3. The molecule has 2 aromatic carbocycles. The van der Waals surface area contributed by atoms with Crippen LogP contribution in [0.25, 0.3) is 11.1 Å². The average molecular weight is 342 g/mol. The van der Waals surface area contributed by atoms with E-state index in [1.165, 1.54) is 12.1 Å². The van der Waals surface area contributed by atoms with Crippen LogP contribution >= 0.6 is 11.6 Å². The number of benzene rings is 2. The maximum Gasteiger partial charge on any atom is 0.417 e. The Morgan fingerprint density at radius 3 is 2.35 bits per heavy atom. The van der Waals surface area contributed by atoms with Crippen molar-refractivity contribution >= 4 is 11.6 Å². The van der Waals surface area contributed by atoms with E-state index < -0.39 is 11.7 Å². The van der Waals surface area contributed by atoms with Gasteiger partial charge in [0.15, 0.2) is 0 Å². The third-order valence-electron chi connectivity index (χ3n) is 3.81. The van der Waals surface area contributed by atoms with Crippen LogP contribution in [0.5, 0.6) is 0 Å². The Morgan fingerprint density at radius 2 is 1.78 bits per heavy atom. The number of halogens is 4. The molecular weight excluding hydrogens is 327 g/mol. The van der Waals surface area contributed by atoms with Crippen LogP contribution in [0.1, 0.15) is 11.1 Å². The molecule has 0 aromatic heterocycles. The van der Waals surface area contributed by atoms with Gasteiger partial charge in [0.05, 0.1) is 18.3 Å². The molecule has 1 fully saturated rings. The molecule has 3 rings (SSSR count). The van der Waals surface area contributed by atoms with Crippen LogP contribution < -0.4 is 5.32 Å². The summed E-state index contributed by atoms with van der Waals surface area (Å²) in [6.07, 6.45) is -4.47. The molecule has 0 atom stereocenters. The lowest BCUT2D eigenvalue weighted by Gasteiger charge is -2.28. The van der Waals surface area contributed by atoms with Gasteiger partial charge in [0.1, 0.15) is 0 Å². The number of hydrogen-bond donors (Lipinski definition) is 1. The van der Waals surface area contributed by atoms with Gasteiger partial charge >= 0.3 is 6.18 Å². The summed E-state index contributed by atoms with van der Waals surface area (Å²) in [4.78, 5) is 0. The molecule has 1 saturated heterocycles. The lowest BCUT2D eigenvalue weighted by atomic mass is 9.95. The number of alkyl halides is 3. The SMILES string of the molecule is FC(F)(F)c1c(COC2CNC2)cccc1-c1ccc(Cl)cc1. The van der Waals surface area contributed by atoms with E-state index >= 15 is 0 Å². The van der Waals surface area contributed by atoms with Crippen LogP contribution in [0.15, 0.2) is 42.5 Å². The number of ether oxygens (including phenoxy) is 1. The second-order valence-electron chi connectivity index (χ2n) is 5.44. The van der Waals surface area contributed by atoms with Gasteiger partial charge in [-0.15, -0.1) is 0 Å². The van der Waals surface area contributed by atoms with E-state index in [0.717, 1.165) is 0 Å². The predicted molar refractivity (Wildman–Crippen MR) is 83.3 cm³/mol. The highest BCUT2D eigenvalue weighted by molar-refractivity contribution is 6.30. The Morgan fingerprint density at radius 1 is 1.09 bits per heavy atom. The summed E-state index contributed by atoms with van der Waals surface area (Å²) in [5, 5.41) is 3.51. The van der Waals surface area contributed by atoms with Gasteiger partial charge in [0.2, 0.25) is 0 Å². The monoisotopic (exact) mass is 341 g/mol. The van der Waals surface area contributed by atoms with Crippen molar-refractivity contribution in [1.29, 1.82) is 0 Å². The highest BCUT2D eigenvalue weighted by atomic mass is 35.5. The Kier molecular flexibility index (Phi) is 4.62. The molecule has 1 N–H and O–H groups in total. The summed E-state index contributed by atoms with van der Waals surface area (Å²) in [5.74, 6) is 0. The molecule has 0 saturated carbocycles. The van der Waals surface area contributed by atoms with Crippen LogP contribution in [-0.2, 0) is 17.5 Å². The summed E-state index contributed by atoms with van der Waals surface area (Å²) in [6.45, 7) is 1.30. The van der Waals surface area contributed by atoms with E-state index in [4.69, 9.17) is 16.3 Å². The van der Waals surface area contributed by atoms with E-state index in [-0.39, 0.29) is 23.8 Å². The van der Waals surface area contributed by atoms with Crippen molar-refractivity contribution in [3.05, 3.63) is 58.6 Å². The highest BCUT2D eigenvalue weighted by Crippen LogP contribution is 2.40. The topological polar surface area (TPSA) is 21.3 Å². The summed E-state index contributed by atoms with van der Waals surface area (Å²) >= 11 is 5.82. The molecule has 23 heavy (non-hydrogen) atoms. The molecule has 2 nitrogen and oxygen atoms in total. The summed E-state index contributed by atoms with van der Waals surface area (Å²) in [5.41, 5.74) is 0.127. The summed E-state index contributed by atoms with van der Waals surface area (Å²) < 4.78 is 46.3. The van der Waals surface area contributed by atoms with Gasteiger partial charge in [-0.1, -0.05) is 41.9 Å². The number of hydrogen-bond acceptors (Lipinski definition) is 2. The largest absolute Gasteiger partial charge is 0.417 e. The lowest BCUT2D eigenvalue weighted by molar-refractivity contribution is -0.138. The first-order valence-electron chi connectivity index (χ1n) is 7.22. The zero-order valence-electron chi connectivity index (χ0n) is 12.2. The van der Waals surface area contributed by atoms with E-state index in [1.807, 2.05) is 0 Å². The van der Waals surface area contributed by atoms with Gasteiger partial charge in [-0.3, -0.25) is 0 Å². The minimum Gasteiger partial charge on any atom is -0.371 e. The van der Waals surface area contributed by atoms with Crippen molar-refractivity contribution in [3.63, 3.8) is 0 Å². The van der Waals surface area contributed by atoms with Crippen molar-refractivity contribution in [2.24, 2.45) is 0 Å². The maximum absolute atomic E-state index is 13.6. The maximum atomic E-state index is 13.6. The van der Waals surface area contributed by atoms with Crippen molar-refractivity contribution in [1.82, 2.24) is 5.32 Å². The number of nitrogens with one attached hydrogen (secondary N) is 1. The normalized spacial score (nSPS) is 15.5. The molecular formula is C17H15ClF3NO. The molecule has 0 aliphatic carbocycles. The van der Waals surface area contributed by atoms with Gasteiger partial charge in [-0.25, -0.2) is 0 Å². The second-order valence-corrected chi connectivity index (χ2v) is 5.87. The van der Waals surface area contributed by atoms with Crippen LogP contribution in [0, 0.1) is 0 Å². The molecule has 0 bridgehead atoms. The Labute approximate surface area is 137 Å². The van der Waals surface area contributed by atoms with Crippen molar-refractivity contribution in [3.8, 4) is 11.1 Å². The lowest BCUT2D eigenvalue weighted by Crippen LogP contribution is -2.48. The van der Waals surface area contributed by atoms with Crippen molar-refractivity contribution in [2.45, 2.75) is 18.9 Å². The molecule has 0 radical (unpaired) electrons. The first-order chi connectivity index (χ1) is 10.9. The molecule has 1 aliphatic heterocycles. The zero-order valence-corrected chi connectivity index (χ0v) is 12.9. The van der Waals surface area contributed by atoms with E-state index in [2.05, 4.69) is 5.32 Å². The molecule has 0 unspecified atom stereocenters. The Balaban J connectivity index is 1.99. The highest BCUT2D eigenvalue weighted by Gasteiger charge is 2.36. The van der Waals surface area contributed by atoms with E-state index in [0.29, 0.717) is 23.7 Å². The predicted octanol–water partition coefficient (Wildman–Crippen LogP) is 4.51. The molecule has 2 aromatic rings. The van der Waals surface area contributed by atoms with Crippen molar-refractivity contribution < 1.29 is 17.9 Å². The minimum atomic E-state index is -4.45. The average Bonchev–Trinajstić information content (AvgIpc) is 2.45. The minimum absolute atomic E-state index is 0.0183. The molecule has 1 aliphatic rings. The van der Waals surface area contributed by atoms with Crippen LogP contribution in [0.4, 0.5) is 13.2 Å². The zero-order chi connectivity index (χ0) is 16.4. The fourth-order valence-corrected chi connectivity index (χ4v) is 2.64. The number of rotatable bonds is 4. The molecule has 0 amide bonds. The summed E-state index contributed by atoms with van der Waals surface area (Å²) in [7, 11) is 0. The first-order valence-corrected chi connectivity index (χ1v) is 7.60.